The van der Waals surface area contributed by atoms with Gasteiger partial charge in [-0.3, -0.25) is 9.59 Å². The molecule has 0 radical (unpaired) electrons. The molecule has 2 saturated carbocycles. The summed E-state index contributed by atoms with van der Waals surface area (Å²) in [4.78, 5) is 23.7. The standard InChI is InChI=1S/C15H25NO7S2/c1-14(2)10-4-6-15(14,12(17)8-10)9-25(22,23)16-11(13(18)19)5-7-24(3,20)21/h10-11,16H,4-9H2,1-3H3,(H,18,19)/t10?,11-,15?/m0/s1. The van der Waals surface area contributed by atoms with Crippen molar-refractivity contribution in [2.45, 2.75) is 45.6 Å². The molecule has 2 aliphatic carbocycles. The van der Waals surface area contributed by atoms with E-state index in [0.717, 1.165) is 12.7 Å². The lowest BCUT2D eigenvalue weighted by Gasteiger charge is -2.36. The minimum absolute atomic E-state index is 0.0814. The van der Waals surface area contributed by atoms with Crippen LogP contribution in [0.4, 0.5) is 0 Å². The molecule has 0 aromatic heterocycles. The number of aliphatic carboxylic acids is 1. The summed E-state index contributed by atoms with van der Waals surface area (Å²) in [6.07, 6.45) is 2.22. The number of nitrogens with one attached hydrogen (secondary N) is 1. The Kier molecular flexibility index (Phi) is 5.13. The third kappa shape index (κ3) is 3.90. The lowest BCUT2D eigenvalue weighted by Crippen LogP contribution is -2.49. The van der Waals surface area contributed by atoms with Gasteiger partial charge >= 0.3 is 5.97 Å². The van der Waals surface area contributed by atoms with Crippen LogP contribution < -0.4 is 4.72 Å². The second-order valence-electron chi connectivity index (χ2n) is 7.85. The monoisotopic (exact) mass is 395 g/mol. The van der Waals surface area contributed by atoms with Crippen LogP contribution >= 0.6 is 0 Å². The minimum atomic E-state index is -4.07. The molecule has 0 spiro atoms. The van der Waals surface area contributed by atoms with E-state index in [0.29, 0.717) is 12.8 Å². The molecule has 0 aromatic carbocycles. The number of hydrogen-bond donors (Lipinski definition) is 2. The molecule has 10 heteroatoms. The molecule has 8 nitrogen and oxygen atoms in total. The van der Waals surface area contributed by atoms with Gasteiger partial charge in [-0.15, -0.1) is 0 Å². The SMILES string of the molecule is CC1(C)C2CCC1(CS(=O)(=O)N[C@@H](CCS(C)(=O)=O)C(=O)O)C(=O)C2. The molecule has 0 amide bonds. The van der Waals surface area contributed by atoms with Gasteiger partial charge in [0.2, 0.25) is 10.0 Å². The van der Waals surface area contributed by atoms with Gasteiger partial charge in [-0.05, 0) is 30.6 Å². The van der Waals surface area contributed by atoms with Crippen LogP contribution in [0.2, 0.25) is 0 Å². The van der Waals surface area contributed by atoms with Crippen LogP contribution in [0.1, 0.15) is 39.5 Å². The first-order chi connectivity index (χ1) is 11.2. The summed E-state index contributed by atoms with van der Waals surface area (Å²) in [7, 11) is -7.49. The molecule has 2 aliphatic rings. The van der Waals surface area contributed by atoms with Crippen LogP contribution in [0.3, 0.4) is 0 Å². The number of rotatable bonds is 8. The Morgan fingerprint density at radius 3 is 2.32 bits per heavy atom. The number of sulfone groups is 1. The topological polar surface area (TPSA) is 135 Å². The van der Waals surface area contributed by atoms with Crippen LogP contribution in [0.25, 0.3) is 0 Å². The van der Waals surface area contributed by atoms with E-state index in [4.69, 9.17) is 0 Å². The Labute approximate surface area is 148 Å². The van der Waals surface area contributed by atoms with E-state index in [1.165, 1.54) is 0 Å². The maximum Gasteiger partial charge on any atom is 0.321 e. The van der Waals surface area contributed by atoms with Gasteiger partial charge in [-0.25, -0.2) is 21.6 Å². The molecule has 2 rings (SSSR count). The highest BCUT2D eigenvalue weighted by molar-refractivity contribution is 7.90. The van der Waals surface area contributed by atoms with Crippen molar-refractivity contribution in [1.29, 1.82) is 0 Å². The first kappa shape index (κ1) is 20.3. The molecule has 2 bridgehead atoms. The Morgan fingerprint density at radius 1 is 1.32 bits per heavy atom. The third-order valence-corrected chi connectivity index (χ3v) is 8.47. The fraction of sp³-hybridized carbons (Fsp3) is 0.867. The average molecular weight is 395 g/mol. The lowest BCUT2D eigenvalue weighted by atomic mass is 9.70. The molecule has 25 heavy (non-hydrogen) atoms. The van der Waals surface area contributed by atoms with Crippen LogP contribution in [-0.4, -0.2) is 57.5 Å². The first-order valence-corrected chi connectivity index (χ1v) is 11.9. The Balaban J connectivity index is 2.18. The lowest BCUT2D eigenvalue weighted by molar-refractivity contribution is -0.139. The molecular formula is C15H25NO7S2. The molecule has 2 fully saturated rings. The maximum atomic E-state index is 12.6. The van der Waals surface area contributed by atoms with Crippen LogP contribution in [0, 0.1) is 16.7 Å². The highest BCUT2D eigenvalue weighted by Crippen LogP contribution is 2.64. The van der Waals surface area contributed by atoms with Crippen molar-refractivity contribution in [3.63, 3.8) is 0 Å². The number of carboxylic acids is 1. The molecule has 0 aliphatic heterocycles. The largest absolute Gasteiger partial charge is 0.480 e. The van der Waals surface area contributed by atoms with Gasteiger partial charge in [0.25, 0.3) is 0 Å². The number of Topliss-reactive ketones (excluding diaryl/α,β-unsaturated/α-hetero) is 1. The molecule has 3 atom stereocenters. The van der Waals surface area contributed by atoms with Gasteiger partial charge in [0.15, 0.2) is 0 Å². The van der Waals surface area contributed by atoms with Crippen LogP contribution in [-0.2, 0) is 29.4 Å². The number of carbonyl (C=O) groups is 2. The second kappa shape index (κ2) is 6.31. The van der Waals surface area contributed by atoms with Crippen molar-refractivity contribution >= 4 is 31.6 Å². The zero-order chi connectivity index (χ0) is 19.3. The van der Waals surface area contributed by atoms with Crippen LogP contribution in [0.5, 0.6) is 0 Å². The highest BCUT2D eigenvalue weighted by atomic mass is 32.2. The van der Waals surface area contributed by atoms with Gasteiger partial charge in [0.05, 0.1) is 11.5 Å². The van der Waals surface area contributed by atoms with Crippen molar-refractivity contribution in [3.8, 4) is 0 Å². The van der Waals surface area contributed by atoms with Crippen molar-refractivity contribution < 1.29 is 31.5 Å². The Bertz CT molecular complexity index is 785. The first-order valence-electron chi connectivity index (χ1n) is 8.14. The summed E-state index contributed by atoms with van der Waals surface area (Å²) >= 11 is 0. The summed E-state index contributed by atoms with van der Waals surface area (Å²) in [6.45, 7) is 3.78. The van der Waals surface area contributed by atoms with Crippen molar-refractivity contribution in [2.24, 2.45) is 16.7 Å². The van der Waals surface area contributed by atoms with Crippen molar-refractivity contribution in [2.75, 3.05) is 17.8 Å². The van der Waals surface area contributed by atoms with Gasteiger partial charge in [-0.1, -0.05) is 13.8 Å². The molecule has 144 valence electrons. The van der Waals surface area contributed by atoms with Gasteiger partial charge in [0, 0.05) is 18.1 Å². The number of carboxylic acid groups (broad SMARTS) is 1. The smallest absolute Gasteiger partial charge is 0.321 e. The predicted octanol–water partition coefficient (Wildman–Crippen LogP) is 0.189. The number of carbonyl (C=O) groups excluding carboxylic acids is 1. The van der Waals surface area contributed by atoms with E-state index in [9.17, 15) is 31.5 Å². The van der Waals surface area contributed by atoms with E-state index in [1.807, 2.05) is 13.8 Å². The molecule has 0 heterocycles. The number of ketones is 1. The minimum Gasteiger partial charge on any atom is -0.480 e. The predicted molar refractivity (Wildman–Crippen MR) is 91.2 cm³/mol. The summed E-state index contributed by atoms with van der Waals surface area (Å²) < 4.78 is 49.7. The quantitative estimate of drug-likeness (QED) is 0.599. The van der Waals surface area contributed by atoms with Gasteiger partial charge in [-0.2, -0.15) is 0 Å². The summed E-state index contributed by atoms with van der Waals surface area (Å²) in [5, 5.41) is 9.19. The highest BCUT2D eigenvalue weighted by Gasteiger charge is 2.65. The van der Waals surface area contributed by atoms with Gasteiger partial charge < -0.3 is 5.11 Å². The zero-order valence-corrected chi connectivity index (χ0v) is 16.2. The average Bonchev–Trinajstić information content (AvgIpc) is 2.75. The maximum absolute atomic E-state index is 12.6. The number of fused-ring (bicyclic) bond motifs is 2. The number of hydrogen-bond acceptors (Lipinski definition) is 6. The van der Waals surface area contributed by atoms with Crippen molar-refractivity contribution in [3.05, 3.63) is 0 Å². The zero-order valence-electron chi connectivity index (χ0n) is 14.6. The Hall–Kier alpha value is -1.00. The summed E-state index contributed by atoms with van der Waals surface area (Å²) in [6, 6.07) is -1.53. The fourth-order valence-electron chi connectivity index (χ4n) is 4.26. The van der Waals surface area contributed by atoms with E-state index in [2.05, 4.69) is 4.72 Å². The molecule has 0 aromatic rings. The normalized spacial score (nSPS) is 29.7. The van der Waals surface area contributed by atoms with E-state index in [-0.39, 0.29) is 18.1 Å². The van der Waals surface area contributed by atoms with Crippen LogP contribution in [0.15, 0.2) is 0 Å². The second-order valence-corrected chi connectivity index (χ2v) is 11.9. The van der Waals surface area contributed by atoms with E-state index < -0.39 is 54.2 Å². The summed E-state index contributed by atoms with van der Waals surface area (Å²) in [5.74, 6) is -2.27. The fourth-order valence-corrected chi connectivity index (χ4v) is 6.98. The summed E-state index contributed by atoms with van der Waals surface area (Å²) in [5.41, 5.74) is -1.45. The molecule has 0 saturated heterocycles. The van der Waals surface area contributed by atoms with E-state index in [1.54, 1.807) is 0 Å². The third-order valence-electron chi connectivity index (χ3n) is 5.97. The molecular weight excluding hydrogens is 370 g/mol. The number of sulfonamides is 1. The Morgan fingerprint density at radius 2 is 1.92 bits per heavy atom. The van der Waals surface area contributed by atoms with E-state index >= 15 is 0 Å². The molecule has 2 unspecified atom stereocenters. The van der Waals surface area contributed by atoms with Crippen molar-refractivity contribution in [1.82, 2.24) is 4.72 Å². The molecule has 2 N–H and O–H groups in total. The van der Waals surface area contributed by atoms with Gasteiger partial charge in [0.1, 0.15) is 21.7 Å².